The maximum absolute atomic E-state index is 13.0. The van der Waals surface area contributed by atoms with Crippen molar-refractivity contribution in [3.63, 3.8) is 0 Å². The molecule has 6 nitrogen and oxygen atoms in total. The highest BCUT2D eigenvalue weighted by atomic mass is 19.1. The molecule has 1 aliphatic rings. The zero-order valence-corrected chi connectivity index (χ0v) is 15.0. The van der Waals surface area contributed by atoms with Crippen molar-refractivity contribution >= 4 is 17.6 Å². The molecular formula is C20H23FN4O2. The van der Waals surface area contributed by atoms with Gasteiger partial charge in [-0.3, -0.25) is 9.69 Å². The average molecular weight is 370 g/mol. The van der Waals surface area contributed by atoms with Crippen LogP contribution in [-0.4, -0.2) is 47.9 Å². The molecule has 27 heavy (non-hydrogen) atoms. The monoisotopic (exact) mass is 370 g/mol. The van der Waals surface area contributed by atoms with Gasteiger partial charge in [0.25, 0.3) is 5.91 Å². The van der Waals surface area contributed by atoms with Gasteiger partial charge in [-0.2, -0.15) is 0 Å². The summed E-state index contributed by atoms with van der Waals surface area (Å²) in [6.07, 6.45) is 0.883. The van der Waals surface area contributed by atoms with Crippen LogP contribution in [0.1, 0.15) is 22.3 Å². The van der Waals surface area contributed by atoms with Crippen molar-refractivity contribution in [3.05, 3.63) is 65.5 Å². The molecule has 1 fully saturated rings. The summed E-state index contributed by atoms with van der Waals surface area (Å²) in [6, 6.07) is 12.6. The van der Waals surface area contributed by atoms with E-state index in [2.05, 4.69) is 10.2 Å². The molecule has 0 radical (unpaired) electrons. The van der Waals surface area contributed by atoms with Gasteiger partial charge in [0.2, 0.25) is 0 Å². The smallest absolute Gasteiger partial charge is 0.316 e. The van der Waals surface area contributed by atoms with Crippen molar-refractivity contribution in [2.45, 2.75) is 13.0 Å². The number of carbonyl (C=O) groups excluding carboxylic acids is 2. The molecule has 0 atom stereocenters. The summed E-state index contributed by atoms with van der Waals surface area (Å²) in [5, 5.41) is 2.48. The molecular weight excluding hydrogens is 347 g/mol. The second kappa shape index (κ2) is 8.64. The van der Waals surface area contributed by atoms with Crippen LogP contribution in [0.25, 0.3) is 0 Å². The highest BCUT2D eigenvalue weighted by Gasteiger charge is 2.20. The quantitative estimate of drug-likeness (QED) is 0.868. The number of carbonyl (C=O) groups is 2. The lowest BCUT2D eigenvalue weighted by atomic mass is 10.1. The lowest BCUT2D eigenvalue weighted by Gasteiger charge is -2.22. The number of rotatable bonds is 4. The minimum atomic E-state index is -0.636. The van der Waals surface area contributed by atoms with Crippen LogP contribution in [-0.2, 0) is 6.54 Å². The summed E-state index contributed by atoms with van der Waals surface area (Å²) in [5.74, 6) is -0.257. The lowest BCUT2D eigenvalue weighted by molar-refractivity contribution is 0.0761. The first-order valence-electron chi connectivity index (χ1n) is 8.94. The summed E-state index contributed by atoms with van der Waals surface area (Å²) in [7, 11) is 0. The van der Waals surface area contributed by atoms with E-state index in [1.165, 1.54) is 12.1 Å². The molecule has 3 rings (SSSR count). The van der Waals surface area contributed by atoms with Crippen LogP contribution < -0.4 is 11.1 Å². The number of hydrogen-bond acceptors (Lipinski definition) is 3. The summed E-state index contributed by atoms with van der Waals surface area (Å²) in [5.41, 5.74) is 7.28. The van der Waals surface area contributed by atoms with E-state index in [0.717, 1.165) is 31.6 Å². The van der Waals surface area contributed by atoms with Crippen LogP contribution in [0.5, 0.6) is 0 Å². The number of nitrogens with zero attached hydrogens (tertiary/aromatic N) is 2. The molecule has 0 spiro atoms. The molecule has 0 aromatic heterocycles. The molecule has 0 bridgehead atoms. The van der Waals surface area contributed by atoms with E-state index in [1.54, 1.807) is 36.4 Å². The van der Waals surface area contributed by atoms with Gasteiger partial charge in [-0.15, -0.1) is 0 Å². The van der Waals surface area contributed by atoms with Crippen LogP contribution in [0.15, 0.2) is 48.5 Å². The fraction of sp³-hybridized carbons (Fsp3) is 0.300. The lowest BCUT2D eigenvalue weighted by Crippen LogP contribution is -2.35. The normalized spacial score (nSPS) is 15.2. The van der Waals surface area contributed by atoms with Crippen LogP contribution in [0.2, 0.25) is 0 Å². The predicted molar refractivity (Wildman–Crippen MR) is 102 cm³/mol. The summed E-state index contributed by atoms with van der Waals surface area (Å²) in [6.45, 7) is 3.74. The Bertz CT molecular complexity index is 793. The first kappa shape index (κ1) is 18.8. The van der Waals surface area contributed by atoms with Crippen molar-refractivity contribution in [1.82, 2.24) is 9.80 Å². The van der Waals surface area contributed by atoms with Crippen molar-refractivity contribution in [1.29, 1.82) is 0 Å². The van der Waals surface area contributed by atoms with Crippen LogP contribution in [0.3, 0.4) is 0 Å². The summed E-state index contributed by atoms with van der Waals surface area (Å²) >= 11 is 0. The van der Waals surface area contributed by atoms with Gasteiger partial charge in [0.1, 0.15) is 5.82 Å². The molecule has 1 aliphatic heterocycles. The number of anilines is 1. The number of hydrogen-bond donors (Lipinski definition) is 2. The molecule has 3 N–H and O–H groups in total. The molecule has 142 valence electrons. The molecule has 1 heterocycles. The van der Waals surface area contributed by atoms with Crippen molar-refractivity contribution in [2.24, 2.45) is 5.73 Å². The van der Waals surface area contributed by atoms with E-state index in [-0.39, 0.29) is 11.7 Å². The van der Waals surface area contributed by atoms with Gasteiger partial charge in [-0.05, 0) is 48.4 Å². The van der Waals surface area contributed by atoms with E-state index >= 15 is 0 Å². The molecule has 3 amide bonds. The third kappa shape index (κ3) is 5.27. The number of nitrogens with one attached hydrogen (secondary N) is 1. The van der Waals surface area contributed by atoms with Crippen molar-refractivity contribution in [2.75, 3.05) is 31.5 Å². The molecule has 0 aliphatic carbocycles. The highest BCUT2D eigenvalue weighted by molar-refractivity contribution is 5.95. The fourth-order valence-electron chi connectivity index (χ4n) is 3.20. The van der Waals surface area contributed by atoms with E-state index in [9.17, 15) is 14.0 Å². The number of urea groups is 1. The Kier molecular flexibility index (Phi) is 6.03. The molecule has 1 saturated heterocycles. The highest BCUT2D eigenvalue weighted by Crippen LogP contribution is 2.15. The van der Waals surface area contributed by atoms with Gasteiger partial charge in [-0.1, -0.05) is 12.1 Å². The zero-order chi connectivity index (χ0) is 19.2. The number of halogens is 1. The maximum Gasteiger partial charge on any atom is 0.316 e. The van der Waals surface area contributed by atoms with Gasteiger partial charge in [0.05, 0.1) is 0 Å². The van der Waals surface area contributed by atoms with Gasteiger partial charge < -0.3 is 16.0 Å². The van der Waals surface area contributed by atoms with Crippen LogP contribution in [0.4, 0.5) is 14.9 Å². The number of nitrogens with two attached hydrogens (primary N) is 1. The van der Waals surface area contributed by atoms with E-state index in [4.69, 9.17) is 5.73 Å². The Balaban J connectivity index is 1.57. The molecule has 0 saturated carbocycles. The molecule has 0 unspecified atom stereocenters. The van der Waals surface area contributed by atoms with Gasteiger partial charge in [-0.25, -0.2) is 9.18 Å². The summed E-state index contributed by atoms with van der Waals surface area (Å²) < 4.78 is 13.0. The number of benzene rings is 2. The molecule has 2 aromatic carbocycles. The third-order valence-corrected chi connectivity index (χ3v) is 4.59. The zero-order valence-electron chi connectivity index (χ0n) is 15.0. The Labute approximate surface area is 157 Å². The molecule has 7 heteroatoms. The Morgan fingerprint density at radius 2 is 1.67 bits per heavy atom. The Hall–Kier alpha value is -2.93. The number of primary amides is 1. The number of amides is 3. The fourth-order valence-corrected chi connectivity index (χ4v) is 3.20. The SMILES string of the molecule is NC(=O)Nc1ccc(C(=O)N2CCCN(Cc3ccc(F)cc3)CC2)cc1. The molecule has 2 aromatic rings. The van der Waals surface area contributed by atoms with E-state index in [0.29, 0.717) is 24.3 Å². The largest absolute Gasteiger partial charge is 0.351 e. The van der Waals surface area contributed by atoms with Gasteiger partial charge >= 0.3 is 6.03 Å². The van der Waals surface area contributed by atoms with Crippen molar-refractivity contribution in [3.8, 4) is 0 Å². The van der Waals surface area contributed by atoms with Crippen molar-refractivity contribution < 1.29 is 14.0 Å². The van der Waals surface area contributed by atoms with Gasteiger partial charge in [0, 0.05) is 44.0 Å². The third-order valence-electron chi connectivity index (χ3n) is 4.59. The average Bonchev–Trinajstić information content (AvgIpc) is 2.89. The van der Waals surface area contributed by atoms with Gasteiger partial charge in [0.15, 0.2) is 0 Å². The second-order valence-corrected chi connectivity index (χ2v) is 6.61. The first-order chi connectivity index (χ1) is 13.0. The van der Waals surface area contributed by atoms with E-state index < -0.39 is 6.03 Å². The first-order valence-corrected chi connectivity index (χ1v) is 8.94. The topological polar surface area (TPSA) is 78.7 Å². The predicted octanol–water partition coefficient (Wildman–Crippen LogP) is 2.66. The maximum atomic E-state index is 13.0. The van der Waals surface area contributed by atoms with E-state index in [1.807, 2.05) is 4.90 Å². The summed E-state index contributed by atoms with van der Waals surface area (Å²) in [4.78, 5) is 27.7. The Morgan fingerprint density at radius 1 is 0.963 bits per heavy atom. The van der Waals surface area contributed by atoms with Crippen LogP contribution in [0, 0.1) is 5.82 Å². The second-order valence-electron chi connectivity index (χ2n) is 6.61. The minimum Gasteiger partial charge on any atom is -0.351 e. The standard InChI is InChI=1S/C20H23FN4O2/c21-17-6-2-15(3-7-17)14-24-10-1-11-25(13-12-24)19(26)16-4-8-18(9-5-16)23-20(22)27/h2-9H,1,10-14H2,(H3,22,23,27). The Morgan fingerprint density at radius 3 is 2.33 bits per heavy atom. The van der Waals surface area contributed by atoms with Crippen LogP contribution >= 0.6 is 0 Å². The minimum absolute atomic E-state index is 0.0238.